The number of tetrazole rings is 1. The lowest BCUT2D eigenvalue weighted by atomic mass is 10.1. The largest absolute Gasteiger partial charge is 0.489 e. The second kappa shape index (κ2) is 10.2. The molecule has 1 aliphatic rings. The van der Waals surface area contributed by atoms with Crippen LogP contribution in [0, 0.1) is 0 Å². The Bertz CT molecular complexity index is 1070. The number of piperidine rings is 1. The average molecular weight is 523 g/mol. The van der Waals surface area contributed by atoms with E-state index < -0.39 is 5.97 Å². The van der Waals surface area contributed by atoms with Gasteiger partial charge in [-0.2, -0.15) is 0 Å². The lowest BCUT2D eigenvalue weighted by molar-refractivity contribution is -0.148. The molecule has 32 heavy (non-hydrogen) atoms. The van der Waals surface area contributed by atoms with Gasteiger partial charge >= 0.3 is 5.97 Å². The Hall–Kier alpha value is -2.79. The normalized spacial score (nSPS) is 14.4. The number of benzene rings is 1. The highest BCUT2D eigenvalue weighted by Gasteiger charge is 2.23. The molecule has 3 aromatic rings. The highest BCUT2D eigenvalue weighted by molar-refractivity contribution is 9.10. The predicted molar refractivity (Wildman–Crippen MR) is 120 cm³/mol. The first-order valence-electron chi connectivity index (χ1n) is 10.2. The molecule has 1 fully saturated rings. The van der Waals surface area contributed by atoms with Gasteiger partial charge in [0.15, 0.2) is 0 Å². The number of ether oxygens (including phenoxy) is 1. The molecule has 1 aromatic carbocycles. The predicted octanol–water partition coefficient (Wildman–Crippen LogP) is 3.35. The first-order chi connectivity index (χ1) is 15.5. The molecular weight excluding hydrogens is 502 g/mol. The van der Waals surface area contributed by atoms with E-state index in [1.807, 2.05) is 25.1 Å². The molecule has 2 aromatic heterocycles. The van der Waals surface area contributed by atoms with Gasteiger partial charge in [0.05, 0.1) is 10.6 Å². The van der Waals surface area contributed by atoms with Crippen molar-refractivity contribution >= 4 is 39.4 Å². The summed E-state index contributed by atoms with van der Waals surface area (Å²) in [6.45, 7) is 3.41. The van der Waals surface area contributed by atoms with E-state index >= 15 is 0 Å². The number of hydrogen-bond donors (Lipinski definition) is 0. The van der Waals surface area contributed by atoms with E-state index in [0.29, 0.717) is 28.7 Å². The van der Waals surface area contributed by atoms with Gasteiger partial charge in [-0.05, 0) is 29.8 Å². The summed E-state index contributed by atoms with van der Waals surface area (Å²) in [4.78, 5) is 28.3. The maximum absolute atomic E-state index is 11.5. The summed E-state index contributed by atoms with van der Waals surface area (Å²) in [5, 5.41) is 12.2. The second-order valence-corrected chi connectivity index (χ2v) is 8.55. The van der Waals surface area contributed by atoms with Crippen LogP contribution in [-0.2, 0) is 4.79 Å². The molecule has 0 bridgehead atoms. The summed E-state index contributed by atoms with van der Waals surface area (Å²) in [5.41, 5.74) is 0.578. The van der Waals surface area contributed by atoms with Gasteiger partial charge in [0.1, 0.15) is 11.9 Å². The van der Waals surface area contributed by atoms with Crippen molar-refractivity contribution < 1.29 is 14.4 Å². The van der Waals surface area contributed by atoms with Crippen LogP contribution < -0.4 is 14.5 Å². The highest BCUT2D eigenvalue weighted by atomic mass is 79.9. The SMILES string of the molecule is CCCC(=O)On1nnc(-c2cnc(N3CCC(Oc4cc(Br)ccc4Cl)CC3)nc2)n1. The molecule has 1 saturated heterocycles. The van der Waals surface area contributed by atoms with Crippen LogP contribution >= 0.6 is 27.5 Å². The Morgan fingerprint density at radius 2 is 2.00 bits per heavy atom. The van der Waals surface area contributed by atoms with Crippen LogP contribution in [0.15, 0.2) is 35.1 Å². The van der Waals surface area contributed by atoms with Gasteiger partial charge in [-0.1, -0.05) is 39.6 Å². The van der Waals surface area contributed by atoms with Crippen molar-refractivity contribution in [2.45, 2.75) is 38.7 Å². The Balaban J connectivity index is 1.33. The Morgan fingerprint density at radius 3 is 2.72 bits per heavy atom. The molecule has 3 heterocycles. The molecule has 0 saturated carbocycles. The first kappa shape index (κ1) is 22.4. The minimum absolute atomic E-state index is 0.0759. The van der Waals surface area contributed by atoms with Gasteiger partial charge in [-0.25, -0.2) is 14.8 Å². The fourth-order valence-corrected chi connectivity index (χ4v) is 3.72. The summed E-state index contributed by atoms with van der Waals surface area (Å²) in [6, 6.07) is 5.58. The molecule has 12 heteroatoms. The molecule has 168 valence electrons. The number of anilines is 1. The molecule has 0 amide bonds. The minimum atomic E-state index is -0.419. The summed E-state index contributed by atoms with van der Waals surface area (Å²) < 4.78 is 7.01. The molecule has 0 aliphatic carbocycles. The van der Waals surface area contributed by atoms with Crippen LogP contribution in [0.2, 0.25) is 5.02 Å². The molecule has 10 nitrogen and oxygen atoms in total. The van der Waals surface area contributed by atoms with Crippen molar-refractivity contribution in [3.05, 3.63) is 40.1 Å². The zero-order valence-electron chi connectivity index (χ0n) is 17.3. The van der Waals surface area contributed by atoms with Crippen molar-refractivity contribution in [1.29, 1.82) is 0 Å². The molecule has 0 spiro atoms. The fourth-order valence-electron chi connectivity index (χ4n) is 3.22. The van der Waals surface area contributed by atoms with Crippen molar-refractivity contribution in [2.24, 2.45) is 0 Å². The van der Waals surface area contributed by atoms with Crippen LogP contribution in [0.5, 0.6) is 5.75 Å². The van der Waals surface area contributed by atoms with E-state index in [4.69, 9.17) is 21.2 Å². The third-order valence-corrected chi connectivity index (χ3v) is 5.65. The number of carbonyl (C=O) groups excluding carboxylic acids is 1. The molecule has 0 unspecified atom stereocenters. The van der Waals surface area contributed by atoms with Crippen LogP contribution in [0.4, 0.5) is 5.95 Å². The topological polar surface area (TPSA) is 108 Å². The van der Waals surface area contributed by atoms with Crippen LogP contribution in [0.1, 0.15) is 32.6 Å². The van der Waals surface area contributed by atoms with E-state index in [-0.39, 0.29) is 18.3 Å². The van der Waals surface area contributed by atoms with Crippen LogP contribution in [0.3, 0.4) is 0 Å². The third kappa shape index (κ3) is 5.52. The number of aromatic nitrogens is 6. The smallest absolute Gasteiger partial charge is 0.336 e. The fraction of sp³-hybridized carbons (Fsp3) is 0.400. The number of carbonyl (C=O) groups is 1. The van der Waals surface area contributed by atoms with Crippen molar-refractivity contribution in [3.63, 3.8) is 0 Å². The Morgan fingerprint density at radius 1 is 1.25 bits per heavy atom. The van der Waals surface area contributed by atoms with Gasteiger partial charge in [0.25, 0.3) is 0 Å². The summed E-state index contributed by atoms with van der Waals surface area (Å²) >= 11 is 9.67. The minimum Gasteiger partial charge on any atom is -0.489 e. The highest BCUT2D eigenvalue weighted by Crippen LogP contribution is 2.30. The molecule has 0 atom stereocenters. The second-order valence-electron chi connectivity index (χ2n) is 7.23. The van der Waals surface area contributed by atoms with Gasteiger partial charge < -0.3 is 14.5 Å². The lowest BCUT2D eigenvalue weighted by Gasteiger charge is -2.32. The maximum Gasteiger partial charge on any atom is 0.336 e. The molecular formula is C20H21BrClN7O3. The Kier molecular flexibility index (Phi) is 7.15. The van der Waals surface area contributed by atoms with Gasteiger partial charge in [0.2, 0.25) is 11.8 Å². The number of nitrogens with zero attached hydrogens (tertiary/aromatic N) is 7. The van der Waals surface area contributed by atoms with E-state index in [9.17, 15) is 4.79 Å². The van der Waals surface area contributed by atoms with Crippen LogP contribution in [-0.4, -0.2) is 55.5 Å². The standard InChI is InChI=1S/C20H21BrClN7O3/c1-2-3-18(30)32-29-26-19(25-27-29)13-11-23-20(24-12-13)28-8-6-15(7-9-28)31-17-10-14(21)4-5-16(17)22/h4-5,10-12,15H,2-3,6-9H2,1H3. The zero-order chi connectivity index (χ0) is 22.5. The van der Waals surface area contributed by atoms with E-state index in [2.05, 4.69) is 46.2 Å². The van der Waals surface area contributed by atoms with Crippen molar-refractivity contribution in [3.8, 4) is 17.1 Å². The summed E-state index contributed by atoms with van der Waals surface area (Å²) in [6.07, 6.45) is 5.94. The van der Waals surface area contributed by atoms with Crippen molar-refractivity contribution in [2.75, 3.05) is 18.0 Å². The summed E-state index contributed by atoms with van der Waals surface area (Å²) in [5.74, 6) is 1.16. The molecule has 1 aliphatic heterocycles. The monoisotopic (exact) mass is 521 g/mol. The van der Waals surface area contributed by atoms with Gasteiger partial charge in [-0.3, -0.25) is 0 Å². The average Bonchev–Trinajstić information content (AvgIpc) is 3.25. The third-order valence-electron chi connectivity index (χ3n) is 4.84. The van der Waals surface area contributed by atoms with Gasteiger partial charge in [-0.15, -0.1) is 5.10 Å². The zero-order valence-corrected chi connectivity index (χ0v) is 19.7. The summed E-state index contributed by atoms with van der Waals surface area (Å²) in [7, 11) is 0. The molecule has 0 radical (unpaired) electrons. The van der Waals surface area contributed by atoms with Gasteiger partial charge in [0, 0.05) is 54.2 Å². The number of hydrogen-bond acceptors (Lipinski definition) is 9. The number of rotatable bonds is 7. The quantitative estimate of drug-likeness (QED) is 0.432. The molecule has 4 rings (SSSR count). The van der Waals surface area contributed by atoms with Crippen molar-refractivity contribution in [1.82, 2.24) is 30.3 Å². The van der Waals surface area contributed by atoms with E-state index in [1.165, 1.54) is 0 Å². The van der Waals surface area contributed by atoms with E-state index in [1.54, 1.807) is 12.4 Å². The van der Waals surface area contributed by atoms with Crippen LogP contribution in [0.25, 0.3) is 11.4 Å². The molecule has 0 N–H and O–H groups in total. The lowest BCUT2D eigenvalue weighted by Crippen LogP contribution is -2.39. The first-order valence-corrected chi connectivity index (χ1v) is 11.4. The van der Waals surface area contributed by atoms with E-state index in [0.717, 1.165) is 35.4 Å². The maximum atomic E-state index is 11.5. The Labute approximate surface area is 198 Å². The number of halogens is 2.